The molecule has 0 spiro atoms. The van der Waals surface area contributed by atoms with Gasteiger partial charge in [-0.15, -0.1) is 0 Å². The van der Waals surface area contributed by atoms with E-state index in [-0.39, 0.29) is 24.9 Å². The predicted molar refractivity (Wildman–Crippen MR) is 154 cm³/mol. The normalized spacial score (nSPS) is 11.5. The zero-order valence-electron chi connectivity index (χ0n) is 23.9. The minimum atomic E-state index is -0.734. The number of aliphatic hydroxyl groups excluding tert-OH is 1. The first-order valence-electron chi connectivity index (χ1n) is 12.1. The van der Waals surface area contributed by atoms with Gasteiger partial charge in [-0.05, 0) is 87.2 Å². The van der Waals surface area contributed by atoms with Gasteiger partial charge in [0.1, 0.15) is 20.4 Å². The highest BCUT2D eigenvalue weighted by Crippen LogP contribution is 2.16. The lowest BCUT2D eigenvalue weighted by atomic mass is 10.2. The Balaban J connectivity index is 0.000000414. The van der Waals surface area contributed by atoms with E-state index in [1.54, 1.807) is 55.4 Å². The number of imidazole rings is 2. The van der Waals surface area contributed by atoms with Crippen molar-refractivity contribution in [3.63, 3.8) is 0 Å². The summed E-state index contributed by atoms with van der Waals surface area (Å²) in [5, 5.41) is 9.92. The lowest BCUT2D eigenvalue weighted by Crippen LogP contribution is -2.33. The molecule has 2 rings (SSSR count). The first-order chi connectivity index (χ1) is 18.8. The molecule has 15 nitrogen and oxygen atoms in total. The number of nitrogens with zero attached hydrogens (tertiary/aromatic N) is 4. The summed E-state index contributed by atoms with van der Waals surface area (Å²) in [7, 11) is 0. The van der Waals surface area contributed by atoms with Gasteiger partial charge in [0.05, 0.1) is 31.7 Å². The molecule has 2 aromatic rings. The molecule has 41 heavy (non-hydrogen) atoms. The summed E-state index contributed by atoms with van der Waals surface area (Å²) in [6, 6.07) is 0. The second-order valence-corrected chi connectivity index (χ2v) is 11.4. The van der Waals surface area contributed by atoms with E-state index in [1.165, 1.54) is 12.4 Å². The Hall–Kier alpha value is -3.60. The zero-order valence-corrected chi connectivity index (χ0v) is 27.1. The minimum absolute atomic E-state index is 0.0421. The molecular formula is C24H34Br2N6O9. The van der Waals surface area contributed by atoms with Crippen molar-refractivity contribution in [3.05, 3.63) is 39.3 Å². The summed E-state index contributed by atoms with van der Waals surface area (Å²) in [6.45, 7) is 14.1. The van der Waals surface area contributed by atoms with Crippen molar-refractivity contribution in [1.82, 2.24) is 19.3 Å². The number of halogens is 2. The van der Waals surface area contributed by atoms with Gasteiger partial charge in [-0.1, -0.05) is 0 Å². The predicted octanol–water partition coefficient (Wildman–Crippen LogP) is 4.89. The largest absolute Gasteiger partial charge is 0.504 e. The molecule has 0 radical (unpaired) electrons. The Morgan fingerprint density at radius 3 is 1.66 bits per heavy atom. The molecule has 0 fully saturated rings. The van der Waals surface area contributed by atoms with Crippen LogP contribution in [-0.4, -0.2) is 73.0 Å². The van der Waals surface area contributed by atoms with E-state index in [0.29, 0.717) is 9.21 Å². The zero-order chi connectivity index (χ0) is 31.5. The van der Waals surface area contributed by atoms with Crippen LogP contribution in [0.4, 0.5) is 9.59 Å². The Bertz CT molecular complexity index is 1260. The third-order valence-corrected chi connectivity index (χ3v) is 4.57. The van der Waals surface area contributed by atoms with E-state index in [4.69, 9.17) is 18.9 Å². The van der Waals surface area contributed by atoms with E-state index in [0.717, 1.165) is 15.4 Å². The third-order valence-electron chi connectivity index (χ3n) is 3.80. The fourth-order valence-corrected chi connectivity index (χ4v) is 3.30. The first kappa shape index (κ1) is 35.4. The fourth-order valence-electron chi connectivity index (χ4n) is 2.55. The van der Waals surface area contributed by atoms with Crippen LogP contribution in [0.5, 0.6) is 0 Å². The molecule has 228 valence electrons. The van der Waals surface area contributed by atoms with Gasteiger partial charge in [0.25, 0.3) is 0 Å². The third kappa shape index (κ3) is 13.5. The summed E-state index contributed by atoms with van der Waals surface area (Å²) in [5.74, 6) is -1.90. The monoisotopic (exact) mass is 708 g/mol. The molecule has 0 aliphatic rings. The number of hydrogen-bond acceptors (Lipinski definition) is 11. The molecule has 17 heteroatoms. The van der Waals surface area contributed by atoms with Gasteiger partial charge in [0.2, 0.25) is 5.82 Å². The quantitative estimate of drug-likeness (QED) is 0.154. The van der Waals surface area contributed by atoms with Crippen LogP contribution in [-0.2, 0) is 23.7 Å². The molecule has 2 aromatic heterocycles. The van der Waals surface area contributed by atoms with E-state index >= 15 is 0 Å². The van der Waals surface area contributed by atoms with Crippen LogP contribution in [0, 0.1) is 0 Å². The minimum Gasteiger partial charge on any atom is -0.504 e. The Labute approximate surface area is 253 Å². The van der Waals surface area contributed by atoms with Crippen LogP contribution in [0.1, 0.15) is 71.8 Å². The topological polar surface area (TPSA) is 185 Å². The van der Waals surface area contributed by atoms with Crippen molar-refractivity contribution in [3.8, 4) is 0 Å². The summed E-state index contributed by atoms with van der Waals surface area (Å²) >= 11 is 6.24. The van der Waals surface area contributed by atoms with Crippen molar-refractivity contribution >= 4 is 61.7 Å². The highest BCUT2D eigenvalue weighted by Gasteiger charge is 2.22. The molecule has 0 unspecified atom stereocenters. The van der Waals surface area contributed by atoms with Crippen LogP contribution >= 0.6 is 31.9 Å². The molecule has 0 aliphatic heterocycles. The van der Waals surface area contributed by atoms with Crippen molar-refractivity contribution in [2.24, 2.45) is 0 Å². The number of aromatic nitrogens is 4. The van der Waals surface area contributed by atoms with Gasteiger partial charge >= 0.3 is 24.1 Å². The Morgan fingerprint density at radius 2 is 1.24 bits per heavy atom. The lowest BCUT2D eigenvalue weighted by molar-refractivity contribution is -0.137. The maximum atomic E-state index is 11.7. The standard InChI is InChI=1S/C13H18BrN3O5.C11H16BrN3O4/c1-5-21-10(19)6-8(18)11-15-9(14)7-17(11)16-12(20)22-13(2,3)4;1-5-18-9(16)8-13-7(12)6-15(8)14-10(17)19-11(2,3)4/h6-7,18H,5H2,1-4H3,(H,16,20);6H,5H2,1-4H3,(H,14,17)/b8-6-;. The van der Waals surface area contributed by atoms with Crippen LogP contribution < -0.4 is 10.9 Å². The van der Waals surface area contributed by atoms with Gasteiger partial charge in [-0.25, -0.2) is 49.3 Å². The SMILES string of the molecule is CCOC(=O)/C=C(\O)c1nc(Br)cn1NC(=O)OC(C)(C)C.CCOC(=O)c1nc(Br)cn1NC(=O)OC(C)(C)C. The smallest absolute Gasteiger partial charge is 0.427 e. The van der Waals surface area contributed by atoms with Gasteiger partial charge in [-0.2, -0.15) is 0 Å². The molecule has 2 amide bonds. The molecule has 2 heterocycles. The van der Waals surface area contributed by atoms with E-state index in [9.17, 15) is 24.3 Å². The van der Waals surface area contributed by atoms with Gasteiger partial charge < -0.3 is 24.1 Å². The van der Waals surface area contributed by atoms with Crippen molar-refractivity contribution in [1.29, 1.82) is 0 Å². The van der Waals surface area contributed by atoms with Crippen LogP contribution in [0.25, 0.3) is 5.76 Å². The molecular weight excluding hydrogens is 676 g/mol. The highest BCUT2D eigenvalue weighted by atomic mass is 79.9. The molecule has 0 saturated heterocycles. The first-order valence-corrected chi connectivity index (χ1v) is 13.7. The number of hydrogen-bond donors (Lipinski definition) is 3. The fraction of sp³-hybridized carbons (Fsp3) is 0.500. The van der Waals surface area contributed by atoms with E-state index in [1.807, 2.05) is 0 Å². The van der Waals surface area contributed by atoms with Crippen LogP contribution in [0.15, 0.2) is 27.7 Å². The number of nitrogens with one attached hydrogen (secondary N) is 2. The van der Waals surface area contributed by atoms with Crippen LogP contribution in [0.3, 0.4) is 0 Å². The maximum absolute atomic E-state index is 11.7. The second kappa shape index (κ2) is 15.4. The summed E-state index contributed by atoms with van der Waals surface area (Å²) in [5.41, 5.74) is 3.46. The lowest BCUT2D eigenvalue weighted by Gasteiger charge is -2.20. The molecule has 0 atom stereocenters. The van der Waals surface area contributed by atoms with Gasteiger partial charge in [-0.3, -0.25) is 0 Å². The summed E-state index contributed by atoms with van der Waals surface area (Å²) in [4.78, 5) is 54.2. The number of rotatable bonds is 7. The average Bonchev–Trinajstić information content (AvgIpc) is 3.33. The molecule has 0 saturated carbocycles. The molecule has 0 bridgehead atoms. The Kier molecular flexibility index (Phi) is 13.3. The molecule has 3 N–H and O–H groups in total. The number of ether oxygens (including phenoxy) is 4. The number of carbonyl (C=O) groups excluding carboxylic acids is 4. The maximum Gasteiger partial charge on any atom is 0.427 e. The second-order valence-electron chi connectivity index (χ2n) is 9.74. The van der Waals surface area contributed by atoms with Gasteiger partial charge in [0, 0.05) is 0 Å². The van der Waals surface area contributed by atoms with Gasteiger partial charge in [0.15, 0.2) is 11.6 Å². The summed E-state index contributed by atoms with van der Waals surface area (Å²) in [6.07, 6.45) is 2.27. The number of carbonyl (C=O) groups is 4. The van der Waals surface area contributed by atoms with E-state index in [2.05, 4.69) is 52.7 Å². The van der Waals surface area contributed by atoms with Crippen molar-refractivity contribution in [2.45, 2.75) is 66.6 Å². The highest BCUT2D eigenvalue weighted by molar-refractivity contribution is 9.10. The Morgan fingerprint density at radius 1 is 0.829 bits per heavy atom. The van der Waals surface area contributed by atoms with E-state index < -0.39 is 41.1 Å². The average molecular weight is 710 g/mol. The number of aliphatic hydroxyl groups is 1. The van der Waals surface area contributed by atoms with Crippen LogP contribution in [0.2, 0.25) is 0 Å². The molecule has 0 aromatic carbocycles. The summed E-state index contributed by atoms with van der Waals surface area (Å²) < 4.78 is 22.7. The molecule has 0 aliphatic carbocycles. The van der Waals surface area contributed by atoms with Crippen molar-refractivity contribution < 1.29 is 43.2 Å². The number of amides is 2. The van der Waals surface area contributed by atoms with Crippen molar-refractivity contribution in [2.75, 3.05) is 24.1 Å². The number of esters is 2.